The first kappa shape index (κ1) is 14.3. The Morgan fingerprint density at radius 3 is 2.60 bits per heavy atom. The molecule has 2 rings (SSSR count). The molecule has 0 N–H and O–H groups in total. The molecule has 0 unspecified atom stereocenters. The number of rotatable bonds is 5. The van der Waals surface area contributed by atoms with Crippen LogP contribution in [0.5, 0.6) is 0 Å². The number of esters is 1. The van der Waals surface area contributed by atoms with Crippen LogP contribution in [0.3, 0.4) is 0 Å². The van der Waals surface area contributed by atoms with Crippen LogP contribution in [0, 0.1) is 0 Å². The van der Waals surface area contributed by atoms with Gasteiger partial charge in [0.25, 0.3) is 5.56 Å². The van der Waals surface area contributed by atoms with Gasteiger partial charge in [-0.2, -0.15) is 0 Å². The lowest BCUT2D eigenvalue weighted by Crippen LogP contribution is -2.45. The fourth-order valence-electron chi connectivity index (χ4n) is 1.97. The molecule has 0 saturated heterocycles. The number of carbonyl (C=O) groups is 1. The van der Waals surface area contributed by atoms with Gasteiger partial charge < -0.3 is 9.64 Å². The molecular weight excluding hydrogens is 264 g/mol. The predicted molar refractivity (Wildman–Crippen MR) is 71.7 cm³/mol. The molecule has 0 radical (unpaired) electrons. The Hall–Kier alpha value is -2.12. The van der Waals surface area contributed by atoms with E-state index >= 15 is 0 Å². The molecule has 0 aliphatic heterocycles. The van der Waals surface area contributed by atoms with Crippen molar-refractivity contribution in [3.05, 3.63) is 20.8 Å². The Kier molecular flexibility index (Phi) is 3.91. The third-order valence-electron chi connectivity index (χ3n) is 3.17. The third kappa shape index (κ3) is 2.73. The van der Waals surface area contributed by atoms with Gasteiger partial charge in [0.05, 0.1) is 6.61 Å². The summed E-state index contributed by atoms with van der Waals surface area (Å²) in [4.78, 5) is 37.0. The maximum absolute atomic E-state index is 12.1. The molecule has 1 fully saturated rings. The van der Waals surface area contributed by atoms with Crippen molar-refractivity contribution in [2.24, 2.45) is 14.1 Å². The zero-order valence-electron chi connectivity index (χ0n) is 11.8. The van der Waals surface area contributed by atoms with E-state index in [0.29, 0.717) is 0 Å². The highest BCUT2D eigenvalue weighted by Crippen LogP contribution is 2.28. The van der Waals surface area contributed by atoms with Crippen LogP contribution >= 0.6 is 0 Å². The molecule has 1 heterocycles. The van der Waals surface area contributed by atoms with Crippen LogP contribution < -0.4 is 16.1 Å². The zero-order chi connectivity index (χ0) is 14.9. The van der Waals surface area contributed by atoms with Gasteiger partial charge in [-0.15, -0.1) is 5.10 Å². The fourth-order valence-corrected chi connectivity index (χ4v) is 1.97. The molecule has 0 aromatic carbocycles. The molecule has 8 heteroatoms. The van der Waals surface area contributed by atoms with Crippen molar-refractivity contribution in [1.82, 2.24) is 14.3 Å². The van der Waals surface area contributed by atoms with Gasteiger partial charge in [-0.05, 0) is 19.8 Å². The smallest absolute Gasteiger partial charge is 0.346 e. The monoisotopic (exact) mass is 282 g/mol. The lowest BCUT2D eigenvalue weighted by Gasteiger charge is -2.22. The van der Waals surface area contributed by atoms with Gasteiger partial charge in [-0.3, -0.25) is 14.2 Å². The van der Waals surface area contributed by atoms with Gasteiger partial charge in [0.15, 0.2) is 0 Å². The largest absolute Gasteiger partial charge is 0.465 e. The summed E-state index contributed by atoms with van der Waals surface area (Å²) in [5.74, 6) is -0.290. The number of hydrogen-bond donors (Lipinski definition) is 0. The quantitative estimate of drug-likeness (QED) is 0.645. The van der Waals surface area contributed by atoms with Crippen molar-refractivity contribution in [3.8, 4) is 0 Å². The molecular formula is C12H18N4O4. The molecule has 20 heavy (non-hydrogen) atoms. The minimum absolute atomic E-state index is 0.0288. The van der Waals surface area contributed by atoms with E-state index in [-0.39, 0.29) is 25.0 Å². The minimum Gasteiger partial charge on any atom is -0.465 e. The number of ether oxygens (including phenoxy) is 1. The van der Waals surface area contributed by atoms with Crippen molar-refractivity contribution in [1.29, 1.82) is 0 Å². The second-order valence-corrected chi connectivity index (χ2v) is 4.76. The number of anilines is 1. The van der Waals surface area contributed by atoms with Gasteiger partial charge in [0.1, 0.15) is 6.54 Å². The van der Waals surface area contributed by atoms with Crippen molar-refractivity contribution in [2.75, 3.05) is 18.1 Å². The molecule has 0 bridgehead atoms. The van der Waals surface area contributed by atoms with E-state index in [1.807, 2.05) is 0 Å². The number of carbonyl (C=O) groups excluding carboxylic acids is 1. The van der Waals surface area contributed by atoms with E-state index in [1.165, 1.54) is 14.1 Å². The molecule has 0 spiro atoms. The van der Waals surface area contributed by atoms with Crippen LogP contribution in [0.4, 0.5) is 5.82 Å². The maximum Gasteiger partial charge on any atom is 0.346 e. The second kappa shape index (κ2) is 5.48. The Balaban J connectivity index is 2.38. The van der Waals surface area contributed by atoms with Crippen molar-refractivity contribution >= 4 is 11.8 Å². The minimum atomic E-state index is -0.496. The summed E-state index contributed by atoms with van der Waals surface area (Å²) < 4.78 is 6.99. The summed E-state index contributed by atoms with van der Waals surface area (Å²) in [6.07, 6.45) is 1.79. The van der Waals surface area contributed by atoms with E-state index in [2.05, 4.69) is 5.10 Å². The van der Waals surface area contributed by atoms with Crippen LogP contribution in [0.15, 0.2) is 9.59 Å². The first-order valence-electron chi connectivity index (χ1n) is 6.52. The summed E-state index contributed by atoms with van der Waals surface area (Å²) in [7, 11) is 2.87. The van der Waals surface area contributed by atoms with Crippen LogP contribution in [0.2, 0.25) is 0 Å². The summed E-state index contributed by atoms with van der Waals surface area (Å²) >= 11 is 0. The van der Waals surface area contributed by atoms with Crippen molar-refractivity contribution in [3.63, 3.8) is 0 Å². The molecule has 1 saturated carbocycles. The number of aromatic nitrogens is 3. The zero-order valence-corrected chi connectivity index (χ0v) is 11.8. The van der Waals surface area contributed by atoms with Gasteiger partial charge >= 0.3 is 11.7 Å². The Morgan fingerprint density at radius 2 is 2.05 bits per heavy atom. The lowest BCUT2D eigenvalue weighted by atomic mass is 10.4. The van der Waals surface area contributed by atoms with Gasteiger partial charge in [-0.25, -0.2) is 9.48 Å². The van der Waals surface area contributed by atoms with Crippen molar-refractivity contribution < 1.29 is 9.53 Å². The Morgan fingerprint density at radius 1 is 1.40 bits per heavy atom. The van der Waals surface area contributed by atoms with Gasteiger partial charge in [0.2, 0.25) is 5.82 Å². The maximum atomic E-state index is 12.1. The summed E-state index contributed by atoms with van der Waals surface area (Å²) in [6.45, 7) is 1.98. The first-order chi connectivity index (χ1) is 9.45. The number of nitrogens with zero attached hydrogens (tertiary/aromatic N) is 4. The molecule has 1 aromatic heterocycles. The summed E-state index contributed by atoms with van der Waals surface area (Å²) in [6, 6.07) is 0.108. The number of aryl methyl sites for hydroxylation is 1. The first-order valence-corrected chi connectivity index (χ1v) is 6.52. The molecule has 1 aromatic rings. The molecule has 0 atom stereocenters. The van der Waals surface area contributed by atoms with E-state index in [4.69, 9.17) is 4.74 Å². The SMILES string of the molecule is CCOC(=O)CN(c1nn(C)c(=O)n(C)c1=O)C1CC1. The fraction of sp³-hybridized carbons (Fsp3) is 0.667. The van der Waals surface area contributed by atoms with Crippen molar-refractivity contribution in [2.45, 2.75) is 25.8 Å². The summed E-state index contributed by atoms with van der Waals surface area (Å²) in [5.41, 5.74) is -0.991. The Bertz CT molecular complexity index is 629. The highest BCUT2D eigenvalue weighted by molar-refractivity contribution is 5.75. The lowest BCUT2D eigenvalue weighted by molar-refractivity contribution is -0.141. The highest BCUT2D eigenvalue weighted by atomic mass is 16.5. The molecule has 1 aliphatic rings. The van der Waals surface area contributed by atoms with Crippen LogP contribution in [-0.2, 0) is 23.6 Å². The highest BCUT2D eigenvalue weighted by Gasteiger charge is 2.34. The molecule has 8 nitrogen and oxygen atoms in total. The normalized spacial score (nSPS) is 14.2. The van der Waals surface area contributed by atoms with Crippen LogP contribution in [0.1, 0.15) is 19.8 Å². The average Bonchev–Trinajstić information content (AvgIpc) is 3.23. The van der Waals surface area contributed by atoms with E-state index in [1.54, 1.807) is 11.8 Å². The summed E-state index contributed by atoms with van der Waals surface area (Å²) in [5, 5.41) is 4.00. The van der Waals surface area contributed by atoms with E-state index in [9.17, 15) is 14.4 Å². The second-order valence-electron chi connectivity index (χ2n) is 4.76. The Labute approximate surface area is 115 Å². The predicted octanol–water partition coefficient (Wildman–Crippen LogP) is -0.989. The standard InChI is InChI=1S/C12H18N4O4/c1-4-20-9(17)7-16(8-5-6-8)10-11(18)14(2)12(19)15(3)13-10/h8H,4-7H2,1-3H3. The number of hydrogen-bond acceptors (Lipinski definition) is 6. The van der Waals surface area contributed by atoms with E-state index in [0.717, 1.165) is 22.1 Å². The van der Waals surface area contributed by atoms with Crippen LogP contribution in [-0.4, -0.2) is 39.5 Å². The van der Waals surface area contributed by atoms with Gasteiger partial charge in [0, 0.05) is 20.1 Å². The van der Waals surface area contributed by atoms with Gasteiger partial charge in [-0.1, -0.05) is 0 Å². The van der Waals surface area contributed by atoms with E-state index < -0.39 is 17.2 Å². The third-order valence-corrected chi connectivity index (χ3v) is 3.17. The molecule has 0 amide bonds. The average molecular weight is 282 g/mol. The topological polar surface area (TPSA) is 86.4 Å². The molecule has 1 aliphatic carbocycles. The molecule has 110 valence electrons. The van der Waals surface area contributed by atoms with Crippen LogP contribution in [0.25, 0.3) is 0 Å².